The Morgan fingerprint density at radius 1 is 1.47 bits per heavy atom. The molecule has 2 atom stereocenters. The molecule has 2 saturated heterocycles. The molecule has 0 amide bonds. The van der Waals surface area contributed by atoms with E-state index in [0.717, 1.165) is 5.01 Å². The lowest BCUT2D eigenvalue weighted by Crippen LogP contribution is -2.36. The first-order valence-corrected chi connectivity index (χ1v) is 8.11. The standard InChI is InChI=1S/C8H10N4O2S3/c1-4-10-11-8(16-4)12-6-3-17(13,14)2-5(6)9-7(12)15/h5-6H,2-3H2,1H3,(H,9,15)/t5-,6-/m0/s1. The van der Waals surface area contributed by atoms with Crippen molar-refractivity contribution < 1.29 is 8.42 Å². The fraction of sp³-hybridized carbons (Fsp3) is 0.625. The van der Waals surface area contributed by atoms with E-state index in [1.54, 1.807) is 4.90 Å². The molecule has 1 N–H and O–H groups in total. The summed E-state index contributed by atoms with van der Waals surface area (Å²) in [5, 5.41) is 13.1. The number of hydrogen-bond acceptors (Lipinski definition) is 6. The van der Waals surface area contributed by atoms with Gasteiger partial charge >= 0.3 is 0 Å². The predicted molar refractivity (Wildman–Crippen MR) is 69.1 cm³/mol. The molecule has 6 nitrogen and oxygen atoms in total. The number of aromatic nitrogens is 2. The zero-order valence-corrected chi connectivity index (χ0v) is 11.4. The lowest BCUT2D eigenvalue weighted by atomic mass is 10.2. The fourth-order valence-electron chi connectivity index (χ4n) is 2.21. The fourth-order valence-corrected chi connectivity index (χ4v) is 5.29. The molecule has 0 bridgehead atoms. The first-order valence-electron chi connectivity index (χ1n) is 5.06. The highest BCUT2D eigenvalue weighted by Gasteiger charge is 2.48. The van der Waals surface area contributed by atoms with Gasteiger partial charge in [-0.3, -0.25) is 4.90 Å². The molecule has 0 radical (unpaired) electrons. The van der Waals surface area contributed by atoms with Crippen LogP contribution in [-0.2, 0) is 9.84 Å². The van der Waals surface area contributed by atoms with Crippen molar-refractivity contribution >= 4 is 43.6 Å². The van der Waals surface area contributed by atoms with Gasteiger partial charge in [-0.25, -0.2) is 8.42 Å². The normalized spacial score (nSPS) is 30.4. The molecule has 0 spiro atoms. The highest BCUT2D eigenvalue weighted by molar-refractivity contribution is 7.91. The van der Waals surface area contributed by atoms with Crippen molar-refractivity contribution in [3.63, 3.8) is 0 Å². The summed E-state index contributed by atoms with van der Waals surface area (Å²) in [5.74, 6) is 0.273. The average Bonchev–Trinajstić information content (AvgIpc) is 2.78. The molecule has 92 valence electrons. The van der Waals surface area contributed by atoms with Crippen LogP contribution in [-0.4, -0.2) is 47.3 Å². The summed E-state index contributed by atoms with van der Waals surface area (Å²) < 4.78 is 23.2. The van der Waals surface area contributed by atoms with Gasteiger partial charge in [-0.05, 0) is 19.1 Å². The number of sulfone groups is 1. The van der Waals surface area contributed by atoms with E-state index >= 15 is 0 Å². The Bertz CT molecular complexity index is 581. The number of nitrogens with zero attached hydrogens (tertiary/aromatic N) is 3. The topological polar surface area (TPSA) is 75.2 Å². The lowest BCUT2D eigenvalue weighted by Gasteiger charge is -2.18. The molecule has 9 heteroatoms. The first kappa shape index (κ1) is 11.3. The Hall–Kier alpha value is -0.800. The van der Waals surface area contributed by atoms with Gasteiger partial charge in [-0.1, -0.05) is 11.3 Å². The van der Waals surface area contributed by atoms with Crippen LogP contribution in [0.1, 0.15) is 5.01 Å². The number of nitrogens with one attached hydrogen (secondary N) is 1. The minimum atomic E-state index is -2.97. The van der Waals surface area contributed by atoms with Crippen molar-refractivity contribution in [1.29, 1.82) is 0 Å². The second-order valence-corrected chi connectivity index (χ2v) is 7.87. The van der Waals surface area contributed by atoms with E-state index in [4.69, 9.17) is 12.2 Å². The van der Waals surface area contributed by atoms with E-state index in [2.05, 4.69) is 15.5 Å². The summed E-state index contributed by atoms with van der Waals surface area (Å²) in [4.78, 5) is 1.79. The monoisotopic (exact) mass is 290 g/mol. The van der Waals surface area contributed by atoms with Gasteiger partial charge < -0.3 is 5.32 Å². The molecule has 3 heterocycles. The maximum Gasteiger partial charge on any atom is 0.214 e. The predicted octanol–water partition coefficient (Wildman–Crippen LogP) is -0.293. The van der Waals surface area contributed by atoms with E-state index in [0.29, 0.717) is 10.2 Å². The van der Waals surface area contributed by atoms with Crippen LogP contribution in [0.4, 0.5) is 5.13 Å². The van der Waals surface area contributed by atoms with E-state index in [9.17, 15) is 8.42 Å². The number of hydrogen-bond donors (Lipinski definition) is 1. The van der Waals surface area contributed by atoms with Crippen molar-refractivity contribution in [2.45, 2.75) is 19.0 Å². The van der Waals surface area contributed by atoms with Gasteiger partial charge in [0.1, 0.15) is 5.01 Å². The Kier molecular flexibility index (Phi) is 2.39. The molecule has 1 aromatic rings. The largest absolute Gasteiger partial charge is 0.356 e. The number of aryl methyl sites for hydroxylation is 1. The van der Waals surface area contributed by atoms with Crippen LogP contribution in [0.5, 0.6) is 0 Å². The average molecular weight is 290 g/mol. The number of rotatable bonds is 1. The summed E-state index contributed by atoms with van der Waals surface area (Å²) in [6.07, 6.45) is 0. The van der Waals surface area contributed by atoms with Crippen LogP contribution < -0.4 is 10.2 Å². The van der Waals surface area contributed by atoms with Gasteiger partial charge in [0.2, 0.25) is 5.13 Å². The first-order chi connectivity index (χ1) is 7.96. The summed E-state index contributed by atoms with van der Waals surface area (Å²) in [6, 6.07) is -0.253. The van der Waals surface area contributed by atoms with E-state index in [-0.39, 0.29) is 23.6 Å². The lowest BCUT2D eigenvalue weighted by molar-refractivity contribution is 0.600. The number of thiocarbonyl (C=S) groups is 1. The van der Waals surface area contributed by atoms with Crippen LogP contribution in [0.3, 0.4) is 0 Å². The van der Waals surface area contributed by atoms with Crippen molar-refractivity contribution in [3.05, 3.63) is 5.01 Å². The summed E-state index contributed by atoms with van der Waals surface area (Å²) >= 11 is 6.64. The molecule has 2 fully saturated rings. The third-order valence-corrected chi connectivity index (χ3v) is 5.77. The van der Waals surface area contributed by atoms with Crippen LogP contribution in [0.15, 0.2) is 0 Å². The van der Waals surface area contributed by atoms with Gasteiger partial charge in [0.05, 0.1) is 23.6 Å². The summed E-state index contributed by atoms with van der Waals surface area (Å²) in [6.45, 7) is 1.86. The van der Waals surface area contributed by atoms with Crippen LogP contribution in [0.25, 0.3) is 0 Å². The molecule has 2 aliphatic heterocycles. The smallest absolute Gasteiger partial charge is 0.214 e. The highest BCUT2D eigenvalue weighted by Crippen LogP contribution is 2.31. The highest BCUT2D eigenvalue weighted by atomic mass is 32.2. The van der Waals surface area contributed by atoms with Crippen molar-refractivity contribution in [2.75, 3.05) is 16.4 Å². The van der Waals surface area contributed by atoms with E-state index in [1.807, 2.05) is 6.92 Å². The van der Waals surface area contributed by atoms with Crippen LogP contribution in [0, 0.1) is 6.92 Å². The summed E-state index contributed by atoms with van der Waals surface area (Å²) in [5.41, 5.74) is 0. The number of fused-ring (bicyclic) bond motifs is 1. The van der Waals surface area contributed by atoms with Crippen LogP contribution in [0.2, 0.25) is 0 Å². The van der Waals surface area contributed by atoms with Gasteiger partial charge in [-0.2, -0.15) is 0 Å². The zero-order chi connectivity index (χ0) is 12.2. The number of anilines is 1. The maximum absolute atomic E-state index is 11.6. The Balaban J connectivity index is 1.97. The zero-order valence-electron chi connectivity index (χ0n) is 8.95. The maximum atomic E-state index is 11.6. The third-order valence-electron chi connectivity index (χ3n) is 2.90. The molecule has 0 aromatic carbocycles. The Labute approximate surface area is 108 Å². The molecule has 0 unspecified atom stereocenters. The SMILES string of the molecule is Cc1nnc(N2C(=S)N[C@H]3CS(=O)(=O)C[C@@H]32)s1. The third kappa shape index (κ3) is 1.81. The molecule has 2 aliphatic rings. The molecule has 1 aromatic heterocycles. The van der Waals surface area contributed by atoms with Crippen molar-refractivity contribution in [1.82, 2.24) is 15.5 Å². The van der Waals surface area contributed by atoms with E-state index < -0.39 is 9.84 Å². The molecule has 0 saturated carbocycles. The molecule has 3 rings (SSSR count). The Morgan fingerprint density at radius 2 is 2.24 bits per heavy atom. The van der Waals surface area contributed by atoms with Gasteiger partial charge in [0.25, 0.3) is 0 Å². The van der Waals surface area contributed by atoms with Gasteiger partial charge in [0.15, 0.2) is 14.9 Å². The van der Waals surface area contributed by atoms with E-state index in [1.165, 1.54) is 11.3 Å². The van der Waals surface area contributed by atoms with Crippen molar-refractivity contribution in [2.24, 2.45) is 0 Å². The molecular weight excluding hydrogens is 280 g/mol. The quantitative estimate of drug-likeness (QED) is 0.712. The molecule has 0 aliphatic carbocycles. The minimum absolute atomic E-state index is 0.114. The van der Waals surface area contributed by atoms with Crippen LogP contribution >= 0.6 is 23.6 Å². The van der Waals surface area contributed by atoms with Gasteiger partial charge in [0, 0.05) is 0 Å². The minimum Gasteiger partial charge on any atom is -0.356 e. The van der Waals surface area contributed by atoms with Crippen molar-refractivity contribution in [3.8, 4) is 0 Å². The van der Waals surface area contributed by atoms with Gasteiger partial charge in [-0.15, -0.1) is 10.2 Å². The Morgan fingerprint density at radius 3 is 2.88 bits per heavy atom. The molecular formula is C8H10N4O2S3. The second-order valence-electron chi connectivity index (χ2n) is 4.17. The second kappa shape index (κ2) is 3.59. The summed E-state index contributed by atoms with van der Waals surface area (Å²) in [7, 11) is -2.97. The molecule has 17 heavy (non-hydrogen) atoms.